The predicted octanol–water partition coefficient (Wildman–Crippen LogP) is 5.22. The molecule has 0 fully saturated rings. The lowest BCUT2D eigenvalue weighted by atomic mass is 10.1. The normalized spacial score (nSPS) is 10.4. The molecular weight excluding hydrogens is 397 g/mol. The van der Waals surface area contributed by atoms with Crippen LogP contribution in [-0.2, 0) is 11.3 Å². The number of carbonyl (C=O) groups is 1. The number of aromatic nitrogens is 1. The number of benzene rings is 2. The number of aryl methyl sites for hydroxylation is 1. The summed E-state index contributed by atoms with van der Waals surface area (Å²) >= 11 is 12.0. The SMILES string of the molecule is Cc1ccccc1CNC(=O)CNc1ccccc1Oc1ncc(Cl)cc1Cl. The van der Waals surface area contributed by atoms with E-state index >= 15 is 0 Å². The van der Waals surface area contributed by atoms with Crippen LogP contribution in [0.3, 0.4) is 0 Å². The molecule has 1 aromatic heterocycles. The van der Waals surface area contributed by atoms with Gasteiger partial charge in [0.15, 0.2) is 5.75 Å². The Labute approximate surface area is 173 Å². The molecular formula is C21H19Cl2N3O2. The number of carbonyl (C=O) groups excluding carboxylic acids is 1. The van der Waals surface area contributed by atoms with Gasteiger partial charge in [-0.25, -0.2) is 4.98 Å². The molecule has 0 radical (unpaired) electrons. The third-order valence-corrected chi connectivity index (χ3v) is 4.52. The molecule has 0 atom stereocenters. The highest BCUT2D eigenvalue weighted by Gasteiger charge is 2.10. The molecule has 0 bridgehead atoms. The van der Waals surface area contributed by atoms with Gasteiger partial charge >= 0.3 is 0 Å². The van der Waals surface area contributed by atoms with E-state index in [-0.39, 0.29) is 18.3 Å². The monoisotopic (exact) mass is 415 g/mol. The molecule has 0 spiro atoms. The van der Waals surface area contributed by atoms with E-state index in [1.165, 1.54) is 6.20 Å². The molecule has 28 heavy (non-hydrogen) atoms. The molecule has 0 aliphatic carbocycles. The van der Waals surface area contributed by atoms with E-state index in [0.717, 1.165) is 11.1 Å². The Hall–Kier alpha value is -2.76. The Morgan fingerprint density at radius 1 is 1.11 bits per heavy atom. The molecule has 1 amide bonds. The fourth-order valence-electron chi connectivity index (χ4n) is 2.52. The van der Waals surface area contributed by atoms with E-state index in [4.69, 9.17) is 27.9 Å². The van der Waals surface area contributed by atoms with Gasteiger partial charge in [0.25, 0.3) is 0 Å². The maximum absolute atomic E-state index is 12.2. The van der Waals surface area contributed by atoms with Crippen LogP contribution >= 0.6 is 23.2 Å². The van der Waals surface area contributed by atoms with Crippen molar-refractivity contribution in [3.63, 3.8) is 0 Å². The average molecular weight is 416 g/mol. The molecule has 1 heterocycles. The second-order valence-electron chi connectivity index (χ2n) is 6.10. The second kappa shape index (κ2) is 9.44. The van der Waals surface area contributed by atoms with E-state index in [1.807, 2.05) is 49.4 Å². The quantitative estimate of drug-likeness (QED) is 0.555. The molecule has 7 heteroatoms. The number of halogens is 2. The Balaban J connectivity index is 1.60. The maximum Gasteiger partial charge on any atom is 0.239 e. The minimum atomic E-state index is -0.124. The summed E-state index contributed by atoms with van der Waals surface area (Å²) in [5, 5.41) is 6.71. The van der Waals surface area contributed by atoms with Crippen LogP contribution in [0.1, 0.15) is 11.1 Å². The van der Waals surface area contributed by atoms with Crippen molar-refractivity contribution in [2.45, 2.75) is 13.5 Å². The van der Waals surface area contributed by atoms with E-state index in [9.17, 15) is 4.79 Å². The van der Waals surface area contributed by atoms with Gasteiger partial charge in [-0.2, -0.15) is 0 Å². The van der Waals surface area contributed by atoms with Crippen LogP contribution in [0.25, 0.3) is 0 Å². The fraction of sp³-hybridized carbons (Fsp3) is 0.143. The highest BCUT2D eigenvalue weighted by atomic mass is 35.5. The molecule has 3 rings (SSSR count). The number of hydrogen-bond acceptors (Lipinski definition) is 4. The fourth-order valence-corrected chi connectivity index (χ4v) is 2.94. The Morgan fingerprint density at radius 2 is 1.86 bits per heavy atom. The molecule has 0 saturated heterocycles. The minimum absolute atomic E-state index is 0.105. The lowest BCUT2D eigenvalue weighted by Crippen LogP contribution is -2.29. The lowest BCUT2D eigenvalue weighted by molar-refractivity contribution is -0.119. The van der Waals surface area contributed by atoms with Gasteiger partial charge < -0.3 is 15.4 Å². The highest BCUT2D eigenvalue weighted by molar-refractivity contribution is 6.35. The summed E-state index contributed by atoms with van der Waals surface area (Å²) in [5.41, 5.74) is 2.88. The molecule has 2 aromatic carbocycles. The van der Waals surface area contributed by atoms with Crippen molar-refractivity contribution >= 4 is 34.8 Å². The number of nitrogens with zero attached hydrogens (tertiary/aromatic N) is 1. The van der Waals surface area contributed by atoms with Crippen LogP contribution < -0.4 is 15.4 Å². The summed E-state index contributed by atoms with van der Waals surface area (Å²) < 4.78 is 5.78. The number of amides is 1. The van der Waals surface area contributed by atoms with Gasteiger partial charge in [0.2, 0.25) is 11.8 Å². The van der Waals surface area contributed by atoms with Crippen molar-refractivity contribution in [2.75, 3.05) is 11.9 Å². The van der Waals surface area contributed by atoms with Crippen molar-refractivity contribution in [1.82, 2.24) is 10.3 Å². The van der Waals surface area contributed by atoms with Crippen LogP contribution in [0.15, 0.2) is 60.8 Å². The summed E-state index contributed by atoms with van der Waals surface area (Å²) in [6.45, 7) is 2.60. The summed E-state index contributed by atoms with van der Waals surface area (Å²) in [6, 6.07) is 16.7. The molecule has 5 nitrogen and oxygen atoms in total. The number of hydrogen-bond donors (Lipinski definition) is 2. The van der Waals surface area contributed by atoms with Crippen molar-refractivity contribution in [3.8, 4) is 11.6 Å². The van der Waals surface area contributed by atoms with Crippen molar-refractivity contribution in [1.29, 1.82) is 0 Å². The first-order valence-electron chi connectivity index (χ1n) is 8.66. The minimum Gasteiger partial charge on any atom is -0.435 e. The van der Waals surface area contributed by atoms with Gasteiger partial charge in [0, 0.05) is 12.7 Å². The largest absolute Gasteiger partial charge is 0.435 e. The number of para-hydroxylation sites is 2. The summed E-state index contributed by atoms with van der Waals surface area (Å²) in [6.07, 6.45) is 1.46. The second-order valence-corrected chi connectivity index (χ2v) is 6.94. The van der Waals surface area contributed by atoms with Crippen LogP contribution in [0.4, 0.5) is 5.69 Å². The van der Waals surface area contributed by atoms with Gasteiger partial charge in [-0.1, -0.05) is 59.6 Å². The number of rotatable bonds is 7. The van der Waals surface area contributed by atoms with Crippen molar-refractivity contribution in [2.24, 2.45) is 0 Å². The smallest absolute Gasteiger partial charge is 0.239 e. The summed E-state index contributed by atoms with van der Waals surface area (Å²) in [5.74, 6) is 0.621. The zero-order valence-corrected chi connectivity index (χ0v) is 16.7. The summed E-state index contributed by atoms with van der Waals surface area (Å²) in [4.78, 5) is 16.3. The van der Waals surface area contributed by atoms with Gasteiger partial charge in [0.1, 0.15) is 5.02 Å². The number of anilines is 1. The van der Waals surface area contributed by atoms with Crippen LogP contribution in [-0.4, -0.2) is 17.4 Å². The molecule has 0 unspecified atom stereocenters. The standard InChI is InChI=1S/C21H19Cl2N3O2/c1-14-6-2-3-7-15(14)11-25-20(27)13-24-18-8-4-5-9-19(18)28-21-17(23)10-16(22)12-26-21/h2-10,12,24H,11,13H2,1H3,(H,25,27). The highest BCUT2D eigenvalue weighted by Crippen LogP contribution is 2.33. The number of pyridine rings is 1. The van der Waals surface area contributed by atoms with E-state index < -0.39 is 0 Å². The van der Waals surface area contributed by atoms with E-state index in [1.54, 1.807) is 12.1 Å². The van der Waals surface area contributed by atoms with Gasteiger partial charge in [0.05, 0.1) is 17.3 Å². The van der Waals surface area contributed by atoms with Crippen LogP contribution in [0.2, 0.25) is 10.0 Å². The zero-order chi connectivity index (χ0) is 19.9. The Kier molecular flexibility index (Phi) is 6.74. The molecule has 0 saturated carbocycles. The van der Waals surface area contributed by atoms with Crippen molar-refractivity contribution in [3.05, 3.63) is 82.0 Å². The van der Waals surface area contributed by atoms with E-state index in [2.05, 4.69) is 15.6 Å². The van der Waals surface area contributed by atoms with Crippen LogP contribution in [0.5, 0.6) is 11.6 Å². The predicted molar refractivity (Wildman–Crippen MR) is 112 cm³/mol. The number of nitrogens with one attached hydrogen (secondary N) is 2. The van der Waals surface area contributed by atoms with Gasteiger partial charge in [-0.05, 0) is 36.2 Å². The molecule has 0 aliphatic rings. The van der Waals surface area contributed by atoms with Gasteiger partial charge in [-0.3, -0.25) is 4.79 Å². The first-order valence-corrected chi connectivity index (χ1v) is 9.41. The lowest BCUT2D eigenvalue weighted by Gasteiger charge is -2.13. The van der Waals surface area contributed by atoms with E-state index in [0.29, 0.717) is 28.0 Å². The third-order valence-electron chi connectivity index (χ3n) is 4.04. The summed E-state index contributed by atoms with van der Waals surface area (Å²) in [7, 11) is 0. The van der Waals surface area contributed by atoms with Crippen LogP contribution in [0, 0.1) is 6.92 Å². The average Bonchev–Trinajstić information content (AvgIpc) is 2.69. The first-order chi connectivity index (χ1) is 13.5. The molecule has 3 aromatic rings. The Morgan fingerprint density at radius 3 is 2.64 bits per heavy atom. The van der Waals surface area contributed by atoms with Gasteiger partial charge in [-0.15, -0.1) is 0 Å². The topological polar surface area (TPSA) is 63.2 Å². The maximum atomic E-state index is 12.2. The molecule has 144 valence electrons. The zero-order valence-electron chi connectivity index (χ0n) is 15.2. The number of ether oxygens (including phenoxy) is 1. The van der Waals surface area contributed by atoms with Crippen molar-refractivity contribution < 1.29 is 9.53 Å². The molecule has 2 N–H and O–H groups in total. The third kappa shape index (κ3) is 5.38. The first kappa shape index (κ1) is 20.0. The Bertz CT molecular complexity index is 979. The molecule has 0 aliphatic heterocycles.